The number of nitriles is 1. The van der Waals surface area contributed by atoms with Crippen molar-refractivity contribution in [3.05, 3.63) is 28.0 Å². The third-order valence-electron chi connectivity index (χ3n) is 1.78. The second-order valence-corrected chi connectivity index (χ2v) is 4.57. The zero-order chi connectivity index (χ0) is 12.1. The first-order valence-electron chi connectivity index (χ1n) is 4.32. The average Bonchev–Trinajstić information content (AvgIpc) is 2.25. The summed E-state index contributed by atoms with van der Waals surface area (Å²) in [7, 11) is 0. The lowest BCUT2D eigenvalue weighted by Gasteiger charge is -2.03. The standard InChI is InChI=1S/C10H9BrFN3S/c1-6-3-7(4-8(11)9(6)12)15-10(16-2)14-5-13/h3-4H,1-2H3,(H,14,15). The molecule has 0 aliphatic rings. The molecule has 0 aliphatic heterocycles. The van der Waals surface area contributed by atoms with Gasteiger partial charge in [-0.05, 0) is 46.8 Å². The Kier molecular flexibility index (Phi) is 4.77. The van der Waals surface area contributed by atoms with Gasteiger partial charge in [-0.25, -0.2) is 9.38 Å². The summed E-state index contributed by atoms with van der Waals surface area (Å²) in [5.74, 6) is -0.294. The Balaban J connectivity index is 3.11. The molecule has 0 unspecified atom stereocenters. The molecule has 0 fully saturated rings. The first-order chi connectivity index (χ1) is 7.58. The first kappa shape index (κ1) is 13.0. The SMILES string of the molecule is CSC(=Nc1cc(C)c(F)c(Br)c1)NC#N. The van der Waals surface area contributed by atoms with Crippen LogP contribution in [0.3, 0.4) is 0 Å². The van der Waals surface area contributed by atoms with Crippen molar-refractivity contribution in [1.82, 2.24) is 5.32 Å². The molecule has 1 aromatic carbocycles. The maximum Gasteiger partial charge on any atom is 0.183 e. The fraction of sp³-hybridized carbons (Fsp3) is 0.200. The highest BCUT2D eigenvalue weighted by atomic mass is 79.9. The van der Waals surface area contributed by atoms with E-state index in [1.807, 2.05) is 0 Å². The van der Waals surface area contributed by atoms with Gasteiger partial charge in [-0.3, -0.25) is 5.32 Å². The van der Waals surface area contributed by atoms with Crippen LogP contribution in [0.15, 0.2) is 21.6 Å². The van der Waals surface area contributed by atoms with Gasteiger partial charge >= 0.3 is 0 Å². The fourth-order valence-corrected chi connectivity index (χ4v) is 1.95. The Hall–Kier alpha value is -1.06. The van der Waals surface area contributed by atoms with Gasteiger partial charge in [0.15, 0.2) is 11.4 Å². The quantitative estimate of drug-likeness (QED) is 0.375. The molecular formula is C10H9BrFN3S. The predicted molar refractivity (Wildman–Crippen MR) is 68.2 cm³/mol. The molecule has 0 heterocycles. The molecule has 0 spiro atoms. The van der Waals surface area contributed by atoms with Crippen molar-refractivity contribution in [3.8, 4) is 6.19 Å². The molecule has 6 heteroatoms. The minimum atomic E-state index is -0.294. The van der Waals surface area contributed by atoms with E-state index in [1.54, 1.807) is 31.5 Å². The van der Waals surface area contributed by atoms with E-state index in [1.165, 1.54) is 11.8 Å². The summed E-state index contributed by atoms with van der Waals surface area (Å²) in [4.78, 5) is 4.18. The molecule has 0 aromatic heterocycles. The van der Waals surface area contributed by atoms with Crippen LogP contribution in [0.5, 0.6) is 0 Å². The number of thioether (sulfide) groups is 1. The van der Waals surface area contributed by atoms with E-state index in [2.05, 4.69) is 26.2 Å². The summed E-state index contributed by atoms with van der Waals surface area (Å²) in [6.45, 7) is 1.66. The van der Waals surface area contributed by atoms with Crippen LogP contribution >= 0.6 is 27.7 Å². The van der Waals surface area contributed by atoms with Crippen molar-refractivity contribution in [2.45, 2.75) is 6.92 Å². The lowest BCUT2D eigenvalue weighted by atomic mass is 10.2. The molecule has 0 aliphatic carbocycles. The van der Waals surface area contributed by atoms with Crippen LogP contribution in [0.25, 0.3) is 0 Å². The number of nitrogens with zero attached hydrogens (tertiary/aromatic N) is 2. The van der Waals surface area contributed by atoms with Crippen molar-refractivity contribution < 1.29 is 4.39 Å². The van der Waals surface area contributed by atoms with Gasteiger partial charge in [-0.2, -0.15) is 5.26 Å². The highest BCUT2D eigenvalue weighted by Crippen LogP contribution is 2.26. The van der Waals surface area contributed by atoms with Crippen molar-refractivity contribution in [3.63, 3.8) is 0 Å². The molecule has 0 saturated heterocycles. The highest BCUT2D eigenvalue weighted by Gasteiger charge is 2.05. The maximum absolute atomic E-state index is 13.3. The van der Waals surface area contributed by atoms with Gasteiger partial charge in [0, 0.05) is 0 Å². The monoisotopic (exact) mass is 301 g/mol. The number of amidine groups is 1. The maximum atomic E-state index is 13.3. The van der Waals surface area contributed by atoms with Crippen LogP contribution < -0.4 is 5.32 Å². The number of nitrogens with one attached hydrogen (secondary N) is 1. The van der Waals surface area contributed by atoms with Gasteiger partial charge in [0.25, 0.3) is 0 Å². The van der Waals surface area contributed by atoms with Crippen LogP contribution in [0.2, 0.25) is 0 Å². The second kappa shape index (κ2) is 5.87. The van der Waals surface area contributed by atoms with Crippen molar-refractivity contribution in [2.24, 2.45) is 4.99 Å². The van der Waals surface area contributed by atoms with Gasteiger partial charge in [-0.15, -0.1) is 0 Å². The summed E-state index contributed by atoms with van der Waals surface area (Å²) in [5, 5.41) is 11.4. The number of aliphatic imine (C=N–C) groups is 1. The Morgan fingerprint density at radius 3 is 2.81 bits per heavy atom. The van der Waals surface area contributed by atoms with Gasteiger partial charge in [-0.1, -0.05) is 11.8 Å². The Morgan fingerprint density at radius 1 is 1.62 bits per heavy atom. The van der Waals surface area contributed by atoms with E-state index >= 15 is 0 Å². The molecule has 0 amide bonds. The van der Waals surface area contributed by atoms with Gasteiger partial charge in [0.1, 0.15) is 5.82 Å². The number of benzene rings is 1. The van der Waals surface area contributed by atoms with Gasteiger partial charge < -0.3 is 0 Å². The van der Waals surface area contributed by atoms with Crippen molar-refractivity contribution in [2.75, 3.05) is 6.26 Å². The first-order valence-corrected chi connectivity index (χ1v) is 6.33. The third kappa shape index (κ3) is 3.22. The van der Waals surface area contributed by atoms with E-state index < -0.39 is 0 Å². The third-order valence-corrected chi connectivity index (χ3v) is 2.94. The zero-order valence-corrected chi connectivity index (χ0v) is 11.1. The lowest BCUT2D eigenvalue weighted by Crippen LogP contribution is -2.12. The molecule has 1 N–H and O–H groups in total. The molecule has 0 saturated carbocycles. The number of hydrogen-bond donors (Lipinski definition) is 1. The van der Waals surface area contributed by atoms with E-state index in [9.17, 15) is 4.39 Å². The Morgan fingerprint density at radius 2 is 2.31 bits per heavy atom. The number of rotatable bonds is 1. The molecule has 0 atom stereocenters. The van der Waals surface area contributed by atoms with Crippen LogP contribution in [-0.4, -0.2) is 11.4 Å². The Labute approximate surface area is 106 Å². The van der Waals surface area contributed by atoms with Crippen LogP contribution in [0, 0.1) is 24.2 Å². The molecular weight excluding hydrogens is 293 g/mol. The fourth-order valence-electron chi connectivity index (χ4n) is 1.06. The summed E-state index contributed by atoms with van der Waals surface area (Å²) < 4.78 is 13.7. The zero-order valence-electron chi connectivity index (χ0n) is 8.71. The largest absolute Gasteiger partial charge is 0.271 e. The molecule has 1 rings (SSSR count). The van der Waals surface area contributed by atoms with E-state index in [0.717, 1.165) is 0 Å². The number of hydrogen-bond acceptors (Lipinski definition) is 3. The van der Waals surface area contributed by atoms with Crippen molar-refractivity contribution in [1.29, 1.82) is 5.26 Å². The predicted octanol–water partition coefficient (Wildman–Crippen LogP) is 3.32. The highest BCUT2D eigenvalue weighted by molar-refractivity contribution is 9.10. The molecule has 1 aromatic rings. The van der Waals surface area contributed by atoms with Crippen LogP contribution in [0.1, 0.15) is 5.56 Å². The normalized spacial score (nSPS) is 11.1. The summed E-state index contributed by atoms with van der Waals surface area (Å²) in [6, 6.07) is 3.19. The minimum absolute atomic E-state index is 0.294. The molecule has 84 valence electrons. The average molecular weight is 302 g/mol. The molecule has 16 heavy (non-hydrogen) atoms. The minimum Gasteiger partial charge on any atom is -0.271 e. The summed E-state index contributed by atoms with van der Waals surface area (Å²) in [6.07, 6.45) is 3.59. The molecule has 0 bridgehead atoms. The van der Waals surface area contributed by atoms with Crippen LogP contribution in [-0.2, 0) is 0 Å². The molecule has 3 nitrogen and oxygen atoms in total. The number of aryl methyl sites for hydroxylation is 1. The van der Waals surface area contributed by atoms with E-state index in [0.29, 0.717) is 20.9 Å². The van der Waals surface area contributed by atoms with Gasteiger partial charge in [0.05, 0.1) is 10.2 Å². The second-order valence-electron chi connectivity index (χ2n) is 2.92. The summed E-state index contributed by atoms with van der Waals surface area (Å²) >= 11 is 4.42. The van der Waals surface area contributed by atoms with E-state index in [4.69, 9.17) is 5.26 Å². The van der Waals surface area contributed by atoms with Gasteiger partial charge in [0.2, 0.25) is 0 Å². The smallest absolute Gasteiger partial charge is 0.183 e. The van der Waals surface area contributed by atoms with E-state index in [-0.39, 0.29) is 5.82 Å². The summed E-state index contributed by atoms with van der Waals surface area (Å²) in [5.41, 5.74) is 1.10. The van der Waals surface area contributed by atoms with Crippen molar-refractivity contribution >= 4 is 38.5 Å². The topological polar surface area (TPSA) is 48.2 Å². The number of halogens is 2. The Bertz CT molecular complexity index is 445. The lowest BCUT2D eigenvalue weighted by molar-refractivity contribution is 0.612. The molecule has 0 radical (unpaired) electrons. The van der Waals surface area contributed by atoms with Crippen LogP contribution in [0.4, 0.5) is 10.1 Å².